The molecule has 1 rings (SSSR count). The monoisotopic (exact) mass is 234 g/mol. The van der Waals surface area contributed by atoms with Gasteiger partial charge in [0.2, 0.25) is 5.91 Å². The van der Waals surface area contributed by atoms with Crippen molar-refractivity contribution in [2.24, 2.45) is 5.73 Å². The van der Waals surface area contributed by atoms with Crippen molar-refractivity contribution in [3.8, 4) is 0 Å². The molecule has 0 aromatic rings. The van der Waals surface area contributed by atoms with Crippen LogP contribution in [-0.2, 0) is 14.6 Å². The van der Waals surface area contributed by atoms with Crippen LogP contribution in [0, 0.1) is 0 Å². The molecule has 0 bridgehead atoms. The molecule has 0 atom stereocenters. The van der Waals surface area contributed by atoms with E-state index in [1.54, 1.807) is 4.90 Å². The van der Waals surface area contributed by atoms with Gasteiger partial charge >= 0.3 is 0 Å². The highest BCUT2D eigenvalue weighted by atomic mass is 32.2. The lowest BCUT2D eigenvalue weighted by atomic mass is 10.2. The maximum Gasteiger partial charge on any atom is 0.222 e. The van der Waals surface area contributed by atoms with Gasteiger partial charge in [-0.05, 0) is 19.4 Å². The molecule has 15 heavy (non-hydrogen) atoms. The zero-order valence-electron chi connectivity index (χ0n) is 8.81. The number of nitrogens with two attached hydrogens (primary N) is 1. The van der Waals surface area contributed by atoms with Crippen LogP contribution in [0.15, 0.2) is 0 Å². The van der Waals surface area contributed by atoms with Gasteiger partial charge in [0.25, 0.3) is 0 Å². The number of hydrogen-bond donors (Lipinski definition) is 1. The lowest BCUT2D eigenvalue weighted by Crippen LogP contribution is -2.33. The molecule has 0 saturated carbocycles. The van der Waals surface area contributed by atoms with Crippen LogP contribution < -0.4 is 5.73 Å². The average molecular weight is 234 g/mol. The Morgan fingerprint density at radius 1 is 1.27 bits per heavy atom. The third-order valence-electron chi connectivity index (χ3n) is 2.50. The van der Waals surface area contributed by atoms with Gasteiger partial charge in [-0.2, -0.15) is 0 Å². The van der Waals surface area contributed by atoms with Gasteiger partial charge in [-0.3, -0.25) is 4.79 Å². The molecule has 1 amide bonds. The van der Waals surface area contributed by atoms with Crippen molar-refractivity contribution in [1.29, 1.82) is 0 Å². The standard InChI is InChI=1S/C9H18N2O3S/c10-4-1-3-9(12)11-5-2-7-15(13,14)8-6-11/h1-8,10H2. The number of rotatable bonds is 3. The lowest BCUT2D eigenvalue weighted by Gasteiger charge is -2.19. The average Bonchev–Trinajstić information content (AvgIpc) is 2.36. The van der Waals surface area contributed by atoms with E-state index < -0.39 is 9.84 Å². The van der Waals surface area contributed by atoms with E-state index in [1.165, 1.54) is 0 Å². The number of carbonyl (C=O) groups excluding carboxylic acids is 1. The van der Waals surface area contributed by atoms with Crippen molar-refractivity contribution in [3.63, 3.8) is 0 Å². The van der Waals surface area contributed by atoms with Gasteiger partial charge in [0, 0.05) is 19.5 Å². The second-order valence-corrected chi connectivity index (χ2v) is 6.08. The summed E-state index contributed by atoms with van der Waals surface area (Å²) in [7, 11) is -2.92. The number of carbonyl (C=O) groups is 1. The third kappa shape index (κ3) is 4.17. The van der Waals surface area contributed by atoms with Gasteiger partial charge in [-0.15, -0.1) is 0 Å². The smallest absolute Gasteiger partial charge is 0.222 e. The van der Waals surface area contributed by atoms with E-state index in [4.69, 9.17) is 5.73 Å². The van der Waals surface area contributed by atoms with Crippen LogP contribution in [0.1, 0.15) is 19.3 Å². The normalized spacial score (nSPS) is 21.0. The summed E-state index contributed by atoms with van der Waals surface area (Å²) >= 11 is 0. The van der Waals surface area contributed by atoms with E-state index in [2.05, 4.69) is 0 Å². The fourth-order valence-electron chi connectivity index (χ4n) is 1.60. The highest BCUT2D eigenvalue weighted by Gasteiger charge is 2.21. The maximum absolute atomic E-state index is 11.6. The predicted molar refractivity (Wildman–Crippen MR) is 58.1 cm³/mol. The molecule has 5 nitrogen and oxygen atoms in total. The molecule has 1 heterocycles. The number of amides is 1. The highest BCUT2D eigenvalue weighted by Crippen LogP contribution is 2.07. The molecule has 0 unspecified atom stereocenters. The summed E-state index contributed by atoms with van der Waals surface area (Å²) in [5.41, 5.74) is 5.31. The van der Waals surface area contributed by atoms with Crippen molar-refractivity contribution >= 4 is 15.7 Å². The first-order chi connectivity index (χ1) is 7.05. The minimum absolute atomic E-state index is 0.0255. The zero-order valence-corrected chi connectivity index (χ0v) is 9.63. The summed E-state index contributed by atoms with van der Waals surface area (Å²) in [6.07, 6.45) is 1.65. The fourth-order valence-corrected chi connectivity index (χ4v) is 2.87. The molecule has 6 heteroatoms. The summed E-state index contributed by atoms with van der Waals surface area (Å²) in [6.45, 7) is 1.40. The summed E-state index contributed by atoms with van der Waals surface area (Å²) in [5, 5.41) is 0. The fraction of sp³-hybridized carbons (Fsp3) is 0.889. The van der Waals surface area contributed by atoms with E-state index in [9.17, 15) is 13.2 Å². The van der Waals surface area contributed by atoms with E-state index in [-0.39, 0.29) is 17.4 Å². The zero-order chi connectivity index (χ0) is 11.3. The quantitative estimate of drug-likeness (QED) is 0.705. The van der Waals surface area contributed by atoms with E-state index in [0.717, 1.165) is 0 Å². The van der Waals surface area contributed by atoms with Crippen molar-refractivity contribution in [3.05, 3.63) is 0 Å². The molecule has 1 saturated heterocycles. The molecular weight excluding hydrogens is 216 g/mol. The number of nitrogens with zero attached hydrogens (tertiary/aromatic N) is 1. The van der Waals surface area contributed by atoms with Crippen LogP contribution >= 0.6 is 0 Å². The molecule has 0 spiro atoms. The van der Waals surface area contributed by atoms with Crippen LogP contribution in [0.3, 0.4) is 0 Å². The van der Waals surface area contributed by atoms with Gasteiger partial charge in [0.15, 0.2) is 9.84 Å². The van der Waals surface area contributed by atoms with Gasteiger partial charge < -0.3 is 10.6 Å². The molecule has 0 radical (unpaired) electrons. The Balaban J connectivity index is 2.47. The first kappa shape index (κ1) is 12.4. The first-order valence-electron chi connectivity index (χ1n) is 5.23. The van der Waals surface area contributed by atoms with Crippen LogP contribution in [0.5, 0.6) is 0 Å². The number of hydrogen-bond acceptors (Lipinski definition) is 4. The molecular formula is C9H18N2O3S. The van der Waals surface area contributed by atoms with Crippen LogP contribution in [0.25, 0.3) is 0 Å². The predicted octanol–water partition coefficient (Wildman–Crippen LogP) is -0.628. The summed E-state index contributed by atoms with van der Waals surface area (Å²) < 4.78 is 22.6. The maximum atomic E-state index is 11.6. The Kier molecular flexibility index (Phi) is 4.53. The molecule has 0 aromatic carbocycles. The van der Waals surface area contributed by atoms with E-state index in [0.29, 0.717) is 38.9 Å². The minimum Gasteiger partial charge on any atom is -0.342 e. The Morgan fingerprint density at radius 3 is 2.67 bits per heavy atom. The Bertz CT molecular complexity index is 313. The van der Waals surface area contributed by atoms with Crippen LogP contribution in [0.4, 0.5) is 0 Å². The van der Waals surface area contributed by atoms with Gasteiger partial charge in [0.1, 0.15) is 0 Å². The Morgan fingerprint density at radius 2 is 2.00 bits per heavy atom. The number of sulfone groups is 1. The van der Waals surface area contributed by atoms with E-state index >= 15 is 0 Å². The second-order valence-electron chi connectivity index (χ2n) is 3.78. The molecule has 1 fully saturated rings. The van der Waals surface area contributed by atoms with Crippen molar-refractivity contribution in [2.75, 3.05) is 31.1 Å². The van der Waals surface area contributed by atoms with E-state index in [1.807, 2.05) is 0 Å². The molecule has 2 N–H and O–H groups in total. The van der Waals surface area contributed by atoms with Crippen LogP contribution in [-0.4, -0.2) is 50.4 Å². The van der Waals surface area contributed by atoms with Gasteiger partial charge in [0.05, 0.1) is 11.5 Å². The SMILES string of the molecule is NCCCC(=O)N1CCCS(=O)(=O)CC1. The second kappa shape index (κ2) is 5.46. The molecule has 1 aliphatic heterocycles. The Labute approximate surface area is 90.5 Å². The Hall–Kier alpha value is -0.620. The molecule has 1 aliphatic rings. The van der Waals surface area contributed by atoms with Crippen molar-refractivity contribution < 1.29 is 13.2 Å². The lowest BCUT2D eigenvalue weighted by molar-refractivity contribution is -0.131. The van der Waals surface area contributed by atoms with Crippen molar-refractivity contribution in [2.45, 2.75) is 19.3 Å². The largest absolute Gasteiger partial charge is 0.342 e. The summed E-state index contributed by atoms with van der Waals surface area (Å²) in [6, 6.07) is 0. The minimum atomic E-state index is -2.92. The summed E-state index contributed by atoms with van der Waals surface area (Å²) in [5.74, 6) is 0.326. The first-order valence-corrected chi connectivity index (χ1v) is 7.05. The van der Waals surface area contributed by atoms with Crippen molar-refractivity contribution in [1.82, 2.24) is 4.90 Å². The van der Waals surface area contributed by atoms with Gasteiger partial charge in [-0.1, -0.05) is 0 Å². The molecule has 88 valence electrons. The molecule has 0 aromatic heterocycles. The van der Waals surface area contributed by atoms with Gasteiger partial charge in [-0.25, -0.2) is 8.42 Å². The highest BCUT2D eigenvalue weighted by molar-refractivity contribution is 7.91. The summed E-state index contributed by atoms with van der Waals surface area (Å²) in [4.78, 5) is 13.2. The molecule has 0 aliphatic carbocycles. The van der Waals surface area contributed by atoms with Crippen LogP contribution in [0.2, 0.25) is 0 Å². The topological polar surface area (TPSA) is 80.5 Å². The third-order valence-corrected chi connectivity index (χ3v) is 4.22.